The van der Waals surface area contributed by atoms with E-state index in [9.17, 15) is 14.7 Å². The summed E-state index contributed by atoms with van der Waals surface area (Å²) in [5.41, 5.74) is 7.87. The predicted octanol–water partition coefficient (Wildman–Crippen LogP) is 1.81. The number of rotatable bonds is 4. The normalized spacial score (nSPS) is 20.4. The van der Waals surface area contributed by atoms with Gasteiger partial charge in [0.25, 0.3) is 5.56 Å². The lowest BCUT2D eigenvalue weighted by Crippen LogP contribution is -2.43. The minimum Gasteiger partial charge on any atom is -0.492 e. The van der Waals surface area contributed by atoms with Crippen LogP contribution < -0.4 is 20.9 Å². The number of carboxylic acid groups (broad SMARTS) is 1. The molecule has 0 radical (unpaired) electrons. The number of methoxy groups -OCH3 is 1. The van der Waals surface area contributed by atoms with Crippen LogP contribution in [0.25, 0.3) is 5.52 Å². The zero-order valence-corrected chi connectivity index (χ0v) is 14.8. The number of fused-ring (bicyclic) bond motifs is 1. The number of ether oxygens (including phenoxy) is 1. The fraction of sp³-hybridized carbons (Fsp3) is 0.474. The molecule has 1 unspecified atom stereocenters. The first-order valence-electron chi connectivity index (χ1n) is 9.01. The molecule has 138 valence electrons. The molecule has 1 saturated carbocycles. The lowest BCUT2D eigenvalue weighted by Gasteiger charge is -2.34. The maximum absolute atomic E-state index is 12.7. The molecule has 3 N–H and O–H groups in total. The maximum atomic E-state index is 12.7. The summed E-state index contributed by atoms with van der Waals surface area (Å²) in [4.78, 5) is 26.4. The van der Waals surface area contributed by atoms with Crippen molar-refractivity contribution in [2.75, 3.05) is 25.1 Å². The van der Waals surface area contributed by atoms with E-state index < -0.39 is 11.5 Å². The number of carboxylic acids is 1. The van der Waals surface area contributed by atoms with Gasteiger partial charge >= 0.3 is 5.97 Å². The second-order valence-corrected chi connectivity index (χ2v) is 7.20. The number of piperidine rings is 1. The minimum atomic E-state index is -1.20. The molecule has 4 rings (SSSR count). The van der Waals surface area contributed by atoms with Crippen LogP contribution in [-0.4, -0.2) is 41.7 Å². The molecule has 3 heterocycles. The van der Waals surface area contributed by atoms with E-state index in [4.69, 9.17) is 10.5 Å². The van der Waals surface area contributed by atoms with Crippen LogP contribution in [0, 0.1) is 0 Å². The molecule has 1 atom stereocenters. The Bertz CT molecular complexity index is 933. The molecule has 2 aromatic heterocycles. The number of nitrogens with zero attached hydrogens (tertiary/aromatic N) is 2. The summed E-state index contributed by atoms with van der Waals surface area (Å²) < 4.78 is 7.15. The fourth-order valence-corrected chi connectivity index (χ4v) is 3.92. The van der Waals surface area contributed by atoms with Crippen molar-refractivity contribution in [3.8, 4) is 5.75 Å². The number of aromatic nitrogens is 1. The van der Waals surface area contributed by atoms with Gasteiger partial charge in [-0.15, -0.1) is 0 Å². The molecule has 7 heteroatoms. The van der Waals surface area contributed by atoms with Crippen molar-refractivity contribution < 1.29 is 14.6 Å². The number of carbonyl (C=O) groups is 1. The Hall–Kier alpha value is -2.54. The zero-order valence-electron chi connectivity index (χ0n) is 14.8. The minimum absolute atomic E-state index is 0.115. The molecule has 0 amide bonds. The van der Waals surface area contributed by atoms with Crippen molar-refractivity contribution in [2.45, 2.75) is 37.6 Å². The largest absolute Gasteiger partial charge is 0.492 e. The molecule has 2 aliphatic rings. The van der Waals surface area contributed by atoms with Gasteiger partial charge in [-0.05, 0) is 49.3 Å². The standard InChI is InChI=1S/C19H23N3O4/c1-26-17-15(21-7-2-3-12(20)10-21)6-8-22-16(17)13(11-4-5-11)9-14(18(22)23)19(24)25/h6,8-9,11-12H,2-5,7,10,20H2,1H3,(H,24,25). The molecule has 2 fully saturated rings. The third kappa shape index (κ3) is 2.72. The second-order valence-electron chi connectivity index (χ2n) is 7.20. The van der Waals surface area contributed by atoms with Gasteiger partial charge in [0.1, 0.15) is 5.56 Å². The van der Waals surface area contributed by atoms with Crippen molar-refractivity contribution >= 4 is 17.2 Å². The summed E-state index contributed by atoms with van der Waals surface area (Å²) in [6.07, 6.45) is 5.66. The molecule has 1 aliphatic heterocycles. The van der Waals surface area contributed by atoms with Crippen LogP contribution in [0.15, 0.2) is 23.1 Å². The zero-order chi connectivity index (χ0) is 18.4. The van der Waals surface area contributed by atoms with Crippen molar-refractivity contribution in [1.82, 2.24) is 4.40 Å². The van der Waals surface area contributed by atoms with Crippen molar-refractivity contribution in [2.24, 2.45) is 5.73 Å². The number of anilines is 1. The average molecular weight is 357 g/mol. The summed E-state index contributed by atoms with van der Waals surface area (Å²) >= 11 is 0. The van der Waals surface area contributed by atoms with E-state index >= 15 is 0 Å². The van der Waals surface area contributed by atoms with E-state index in [-0.39, 0.29) is 17.5 Å². The second kappa shape index (κ2) is 6.32. The highest BCUT2D eigenvalue weighted by Gasteiger charge is 2.31. The average Bonchev–Trinajstić information content (AvgIpc) is 3.46. The first-order valence-corrected chi connectivity index (χ1v) is 9.01. The molecule has 26 heavy (non-hydrogen) atoms. The van der Waals surface area contributed by atoms with Gasteiger partial charge in [0.2, 0.25) is 0 Å². The third-order valence-electron chi connectivity index (χ3n) is 5.34. The van der Waals surface area contributed by atoms with Crippen molar-refractivity contribution in [3.05, 3.63) is 39.8 Å². The fourth-order valence-electron chi connectivity index (χ4n) is 3.92. The summed E-state index contributed by atoms with van der Waals surface area (Å²) in [5, 5.41) is 9.40. The molecular formula is C19H23N3O4. The van der Waals surface area contributed by atoms with Crippen LogP contribution in [0.4, 0.5) is 5.69 Å². The van der Waals surface area contributed by atoms with E-state index in [1.807, 2.05) is 6.07 Å². The highest BCUT2D eigenvalue weighted by atomic mass is 16.5. The number of hydrogen-bond acceptors (Lipinski definition) is 5. The van der Waals surface area contributed by atoms with Gasteiger partial charge in [0, 0.05) is 25.3 Å². The number of hydrogen-bond donors (Lipinski definition) is 2. The lowest BCUT2D eigenvalue weighted by atomic mass is 10.0. The van der Waals surface area contributed by atoms with Crippen LogP contribution in [0.1, 0.15) is 47.5 Å². The highest BCUT2D eigenvalue weighted by Crippen LogP contribution is 2.45. The van der Waals surface area contributed by atoms with E-state index in [1.54, 1.807) is 13.3 Å². The van der Waals surface area contributed by atoms with Gasteiger partial charge in [0.15, 0.2) is 5.75 Å². The molecule has 7 nitrogen and oxygen atoms in total. The van der Waals surface area contributed by atoms with Crippen LogP contribution in [-0.2, 0) is 0 Å². The third-order valence-corrected chi connectivity index (χ3v) is 5.34. The number of pyridine rings is 2. The first kappa shape index (κ1) is 16.9. The molecule has 1 aliphatic carbocycles. The monoisotopic (exact) mass is 357 g/mol. The predicted molar refractivity (Wildman–Crippen MR) is 98.6 cm³/mol. The first-order chi connectivity index (χ1) is 12.5. The van der Waals surface area contributed by atoms with Gasteiger partial charge < -0.3 is 20.5 Å². The lowest BCUT2D eigenvalue weighted by molar-refractivity contribution is 0.0694. The molecule has 0 aromatic carbocycles. The molecule has 1 saturated heterocycles. The van der Waals surface area contributed by atoms with Gasteiger partial charge in [0.05, 0.1) is 18.3 Å². The highest BCUT2D eigenvalue weighted by molar-refractivity contribution is 5.89. The summed E-state index contributed by atoms with van der Waals surface area (Å²) in [6, 6.07) is 3.48. The van der Waals surface area contributed by atoms with E-state index in [0.717, 1.165) is 50.0 Å². The summed E-state index contributed by atoms with van der Waals surface area (Å²) in [5.74, 6) is -0.301. The van der Waals surface area contributed by atoms with Gasteiger partial charge in [-0.3, -0.25) is 9.20 Å². The van der Waals surface area contributed by atoms with Crippen molar-refractivity contribution in [3.63, 3.8) is 0 Å². The van der Waals surface area contributed by atoms with E-state index in [2.05, 4.69) is 4.90 Å². The Labute approximate surface area is 151 Å². The van der Waals surface area contributed by atoms with Crippen LogP contribution in [0.5, 0.6) is 5.75 Å². The van der Waals surface area contributed by atoms with Gasteiger partial charge in [-0.1, -0.05) is 0 Å². The Morgan fingerprint density at radius 1 is 1.35 bits per heavy atom. The van der Waals surface area contributed by atoms with Crippen LogP contribution in [0.2, 0.25) is 0 Å². The smallest absolute Gasteiger partial charge is 0.341 e. The number of nitrogens with two attached hydrogens (primary N) is 1. The van der Waals surface area contributed by atoms with Crippen molar-refractivity contribution in [1.29, 1.82) is 0 Å². The van der Waals surface area contributed by atoms with E-state index in [0.29, 0.717) is 11.3 Å². The Kier molecular flexibility index (Phi) is 4.11. The number of aromatic carboxylic acids is 1. The van der Waals surface area contributed by atoms with Gasteiger partial charge in [-0.2, -0.15) is 0 Å². The molecule has 0 spiro atoms. The summed E-state index contributed by atoms with van der Waals surface area (Å²) in [6.45, 7) is 1.62. The Morgan fingerprint density at radius 3 is 2.73 bits per heavy atom. The van der Waals surface area contributed by atoms with Crippen LogP contribution in [0.3, 0.4) is 0 Å². The Morgan fingerprint density at radius 2 is 2.12 bits per heavy atom. The Balaban J connectivity index is 1.97. The molecule has 0 bridgehead atoms. The summed E-state index contributed by atoms with van der Waals surface area (Å²) in [7, 11) is 1.59. The van der Waals surface area contributed by atoms with E-state index in [1.165, 1.54) is 10.5 Å². The molecule has 2 aromatic rings. The quantitative estimate of drug-likeness (QED) is 0.866. The molecular weight excluding hydrogens is 334 g/mol. The maximum Gasteiger partial charge on any atom is 0.341 e. The van der Waals surface area contributed by atoms with Gasteiger partial charge in [-0.25, -0.2) is 4.79 Å². The SMILES string of the molecule is COc1c(N2CCCC(N)C2)ccn2c(=O)c(C(=O)O)cc(C3CC3)c12. The topological polar surface area (TPSA) is 97.3 Å². The van der Waals surface area contributed by atoms with Crippen LogP contribution >= 0.6 is 0 Å².